The second-order valence-electron chi connectivity index (χ2n) is 5.76. The maximum absolute atomic E-state index is 9.95. The lowest BCUT2D eigenvalue weighted by Crippen LogP contribution is -2.38. The van der Waals surface area contributed by atoms with Gasteiger partial charge in [0.2, 0.25) is 0 Å². The molecule has 1 saturated heterocycles. The van der Waals surface area contributed by atoms with Crippen LogP contribution in [0.25, 0.3) is 0 Å². The minimum Gasteiger partial charge on any atom is -0.393 e. The highest BCUT2D eigenvalue weighted by molar-refractivity contribution is 4.84. The summed E-state index contributed by atoms with van der Waals surface area (Å²) in [6.07, 6.45) is 6.12. The van der Waals surface area contributed by atoms with Crippen molar-refractivity contribution in [3.05, 3.63) is 0 Å². The van der Waals surface area contributed by atoms with Gasteiger partial charge < -0.3 is 10.0 Å². The molecule has 0 radical (unpaired) electrons. The van der Waals surface area contributed by atoms with E-state index in [1.165, 1.54) is 32.2 Å². The van der Waals surface area contributed by atoms with E-state index in [0.717, 1.165) is 24.9 Å². The van der Waals surface area contributed by atoms with Gasteiger partial charge in [-0.05, 0) is 38.0 Å². The van der Waals surface area contributed by atoms with Gasteiger partial charge in [-0.15, -0.1) is 0 Å². The minimum absolute atomic E-state index is 0.0261. The van der Waals surface area contributed by atoms with E-state index >= 15 is 0 Å². The summed E-state index contributed by atoms with van der Waals surface area (Å²) in [5, 5.41) is 9.95. The number of aliphatic hydroxyl groups excluding tert-OH is 1. The fraction of sp³-hybridized carbons (Fsp3) is 1.00. The van der Waals surface area contributed by atoms with Gasteiger partial charge in [-0.25, -0.2) is 0 Å². The molecule has 4 atom stereocenters. The predicted molar refractivity (Wildman–Crippen MR) is 62.8 cm³/mol. The van der Waals surface area contributed by atoms with Crippen LogP contribution in [-0.4, -0.2) is 35.2 Å². The van der Waals surface area contributed by atoms with Crippen LogP contribution in [0, 0.1) is 11.8 Å². The van der Waals surface area contributed by atoms with Crippen molar-refractivity contribution in [2.24, 2.45) is 11.8 Å². The fourth-order valence-electron chi connectivity index (χ4n) is 3.34. The Labute approximate surface area is 93.7 Å². The van der Waals surface area contributed by atoms with Crippen LogP contribution in [0.5, 0.6) is 0 Å². The molecule has 2 rings (SSSR count). The highest BCUT2D eigenvalue weighted by atomic mass is 16.3. The van der Waals surface area contributed by atoms with Crippen molar-refractivity contribution < 1.29 is 5.11 Å². The average molecular weight is 211 g/mol. The molecular weight excluding hydrogens is 186 g/mol. The van der Waals surface area contributed by atoms with Crippen LogP contribution in [0.15, 0.2) is 0 Å². The molecule has 2 fully saturated rings. The van der Waals surface area contributed by atoms with Crippen molar-refractivity contribution in [1.29, 1.82) is 0 Å². The lowest BCUT2D eigenvalue weighted by Gasteiger charge is -2.32. The number of hydrogen-bond acceptors (Lipinski definition) is 2. The Hall–Kier alpha value is -0.0800. The van der Waals surface area contributed by atoms with Crippen LogP contribution >= 0.6 is 0 Å². The molecule has 0 spiro atoms. The molecule has 1 heterocycles. The Bertz CT molecular complexity index is 203. The van der Waals surface area contributed by atoms with Gasteiger partial charge in [0.25, 0.3) is 0 Å². The third-order valence-corrected chi connectivity index (χ3v) is 4.25. The summed E-state index contributed by atoms with van der Waals surface area (Å²) in [6.45, 7) is 7.05. The zero-order valence-corrected chi connectivity index (χ0v) is 10.2. The van der Waals surface area contributed by atoms with Crippen LogP contribution in [-0.2, 0) is 0 Å². The molecule has 2 aliphatic rings. The SMILES string of the molecule is CC1CC(C)N(CC2CCCCC2O)C1. The quantitative estimate of drug-likeness (QED) is 0.757. The van der Waals surface area contributed by atoms with Gasteiger partial charge in [-0.1, -0.05) is 19.8 Å². The maximum atomic E-state index is 9.95. The van der Waals surface area contributed by atoms with E-state index in [2.05, 4.69) is 18.7 Å². The topological polar surface area (TPSA) is 23.5 Å². The highest BCUT2D eigenvalue weighted by Crippen LogP contribution is 2.29. The lowest BCUT2D eigenvalue weighted by atomic mass is 9.86. The van der Waals surface area contributed by atoms with Gasteiger partial charge in [0, 0.05) is 19.1 Å². The second kappa shape index (κ2) is 4.84. The highest BCUT2D eigenvalue weighted by Gasteiger charge is 2.31. The van der Waals surface area contributed by atoms with Crippen molar-refractivity contribution in [1.82, 2.24) is 4.90 Å². The van der Waals surface area contributed by atoms with Crippen molar-refractivity contribution in [3.8, 4) is 0 Å². The van der Waals surface area contributed by atoms with E-state index < -0.39 is 0 Å². The lowest BCUT2D eigenvalue weighted by molar-refractivity contribution is 0.0447. The zero-order valence-electron chi connectivity index (χ0n) is 10.2. The van der Waals surface area contributed by atoms with Crippen molar-refractivity contribution >= 4 is 0 Å². The van der Waals surface area contributed by atoms with Crippen molar-refractivity contribution in [2.75, 3.05) is 13.1 Å². The first-order valence-corrected chi connectivity index (χ1v) is 6.59. The first-order chi connectivity index (χ1) is 7.16. The smallest absolute Gasteiger partial charge is 0.0580 e. The van der Waals surface area contributed by atoms with E-state index in [4.69, 9.17) is 0 Å². The van der Waals surface area contributed by atoms with Crippen LogP contribution in [0.3, 0.4) is 0 Å². The standard InChI is InChI=1S/C13H25NO/c1-10-7-11(2)14(8-10)9-12-5-3-4-6-13(12)15/h10-13,15H,3-9H2,1-2H3. The molecule has 0 aromatic heterocycles. The van der Waals surface area contributed by atoms with Crippen LogP contribution in [0.2, 0.25) is 0 Å². The molecule has 0 amide bonds. The normalized spacial score (nSPS) is 43.4. The first kappa shape index (κ1) is 11.4. The third kappa shape index (κ3) is 2.73. The summed E-state index contributed by atoms with van der Waals surface area (Å²) in [6, 6.07) is 0.731. The summed E-state index contributed by atoms with van der Waals surface area (Å²) in [7, 11) is 0. The minimum atomic E-state index is -0.0261. The molecule has 4 unspecified atom stereocenters. The molecule has 0 aromatic rings. The van der Waals surface area contributed by atoms with Gasteiger partial charge in [-0.3, -0.25) is 0 Å². The Morgan fingerprint density at radius 1 is 1.20 bits per heavy atom. The van der Waals surface area contributed by atoms with Gasteiger partial charge in [0.1, 0.15) is 0 Å². The van der Waals surface area contributed by atoms with Crippen LogP contribution < -0.4 is 0 Å². The number of rotatable bonds is 2. The predicted octanol–water partition coefficient (Wildman–Crippen LogP) is 2.27. The summed E-state index contributed by atoms with van der Waals surface area (Å²) in [4.78, 5) is 2.59. The van der Waals surface area contributed by atoms with Crippen LogP contribution in [0.1, 0.15) is 46.0 Å². The fourth-order valence-corrected chi connectivity index (χ4v) is 3.34. The average Bonchev–Trinajstić information content (AvgIpc) is 2.49. The molecule has 88 valence electrons. The Kier molecular flexibility index (Phi) is 3.68. The van der Waals surface area contributed by atoms with Gasteiger partial charge >= 0.3 is 0 Å². The summed E-state index contributed by atoms with van der Waals surface area (Å²) in [5.74, 6) is 1.40. The number of nitrogens with zero attached hydrogens (tertiary/aromatic N) is 1. The summed E-state index contributed by atoms with van der Waals surface area (Å²) in [5.41, 5.74) is 0. The number of likely N-dealkylation sites (tertiary alicyclic amines) is 1. The summed E-state index contributed by atoms with van der Waals surface area (Å²) >= 11 is 0. The molecule has 2 heteroatoms. The molecular formula is C13H25NO. The molecule has 15 heavy (non-hydrogen) atoms. The van der Waals surface area contributed by atoms with Crippen molar-refractivity contribution in [3.63, 3.8) is 0 Å². The van der Waals surface area contributed by atoms with E-state index in [1.54, 1.807) is 0 Å². The Morgan fingerprint density at radius 3 is 2.53 bits per heavy atom. The van der Waals surface area contributed by atoms with Crippen LogP contribution in [0.4, 0.5) is 0 Å². The van der Waals surface area contributed by atoms with Gasteiger partial charge in [0.15, 0.2) is 0 Å². The van der Waals surface area contributed by atoms with Gasteiger partial charge in [0.05, 0.1) is 6.10 Å². The number of hydrogen-bond donors (Lipinski definition) is 1. The second-order valence-corrected chi connectivity index (χ2v) is 5.76. The van der Waals surface area contributed by atoms with E-state index in [9.17, 15) is 5.11 Å². The first-order valence-electron chi connectivity index (χ1n) is 6.59. The monoisotopic (exact) mass is 211 g/mol. The Morgan fingerprint density at radius 2 is 1.93 bits per heavy atom. The van der Waals surface area contributed by atoms with E-state index in [1.807, 2.05) is 0 Å². The molecule has 1 aliphatic carbocycles. The molecule has 2 nitrogen and oxygen atoms in total. The largest absolute Gasteiger partial charge is 0.393 e. The maximum Gasteiger partial charge on any atom is 0.0580 e. The molecule has 0 bridgehead atoms. The summed E-state index contributed by atoms with van der Waals surface area (Å²) < 4.78 is 0. The zero-order chi connectivity index (χ0) is 10.8. The molecule has 1 saturated carbocycles. The Balaban J connectivity index is 1.85. The van der Waals surface area contributed by atoms with Crippen molar-refractivity contribution in [2.45, 2.75) is 58.1 Å². The number of aliphatic hydroxyl groups is 1. The molecule has 1 aliphatic heterocycles. The molecule has 1 N–H and O–H groups in total. The van der Waals surface area contributed by atoms with E-state index in [-0.39, 0.29) is 6.10 Å². The third-order valence-electron chi connectivity index (χ3n) is 4.25. The van der Waals surface area contributed by atoms with E-state index in [0.29, 0.717) is 5.92 Å². The van der Waals surface area contributed by atoms with Gasteiger partial charge in [-0.2, -0.15) is 0 Å². The molecule has 0 aromatic carbocycles.